The molecule has 0 aromatic heterocycles. The fourth-order valence-corrected chi connectivity index (χ4v) is 5.01. The van der Waals surface area contributed by atoms with E-state index < -0.39 is 17.7 Å². The molecule has 0 bridgehead atoms. The van der Waals surface area contributed by atoms with Gasteiger partial charge < -0.3 is 19.5 Å². The predicted octanol–water partition coefficient (Wildman–Crippen LogP) is 6.26. The third kappa shape index (κ3) is 5.35. The highest BCUT2D eigenvalue weighted by Gasteiger charge is 2.47. The monoisotopic (exact) mass is 528 g/mol. The van der Waals surface area contributed by atoms with Crippen molar-refractivity contribution in [2.24, 2.45) is 0 Å². The van der Waals surface area contributed by atoms with Gasteiger partial charge >= 0.3 is 0 Å². The molecule has 4 rings (SSSR count). The van der Waals surface area contributed by atoms with Gasteiger partial charge in [0.15, 0.2) is 0 Å². The van der Waals surface area contributed by atoms with Crippen molar-refractivity contribution < 1.29 is 24.2 Å². The zero-order valence-corrected chi connectivity index (χ0v) is 23.2. The molecule has 1 heterocycles. The van der Waals surface area contributed by atoms with E-state index in [-0.39, 0.29) is 11.3 Å². The number of aliphatic hydroxyl groups is 1. The largest absolute Gasteiger partial charge is 0.507 e. The summed E-state index contributed by atoms with van der Waals surface area (Å²) < 4.78 is 11.3. The quantitative estimate of drug-likeness (QED) is 0.190. The number of methoxy groups -OCH3 is 1. The number of carbonyl (C=O) groups excluding carboxylic acids is 2. The molecular formula is C32H36N2O5. The number of hydrogen-bond acceptors (Lipinski definition) is 6. The Bertz CT molecular complexity index is 1380. The van der Waals surface area contributed by atoms with E-state index >= 15 is 0 Å². The van der Waals surface area contributed by atoms with Gasteiger partial charge in [-0.2, -0.15) is 0 Å². The second kappa shape index (κ2) is 12.1. The number of Topliss-reactive ketones (excluding diaryl/α,β-unsaturated/α-hetero) is 1. The van der Waals surface area contributed by atoms with Crippen molar-refractivity contribution in [3.8, 4) is 11.5 Å². The lowest BCUT2D eigenvalue weighted by molar-refractivity contribution is -0.132. The summed E-state index contributed by atoms with van der Waals surface area (Å²) in [5.41, 5.74) is 3.50. The molecule has 7 heteroatoms. The minimum Gasteiger partial charge on any atom is -0.507 e. The normalized spacial score (nSPS) is 16.4. The molecule has 39 heavy (non-hydrogen) atoms. The molecule has 0 spiro atoms. The first-order chi connectivity index (χ1) is 18.9. The Morgan fingerprint density at radius 2 is 1.64 bits per heavy atom. The SMILES string of the molecule is CCCOc1ccc(/C(O)=C2/C(=O)C(=O)N(c3ccccc3OC)C2c2ccc(N(CC)CC)cc2)cc1C. The van der Waals surface area contributed by atoms with Gasteiger partial charge in [0.1, 0.15) is 17.3 Å². The zero-order valence-electron chi connectivity index (χ0n) is 23.2. The van der Waals surface area contributed by atoms with Crippen molar-refractivity contribution in [3.63, 3.8) is 0 Å². The molecule has 0 saturated carbocycles. The Kier molecular flexibility index (Phi) is 8.59. The van der Waals surface area contributed by atoms with Crippen LogP contribution < -0.4 is 19.3 Å². The number of ketones is 1. The lowest BCUT2D eigenvalue weighted by Gasteiger charge is -2.27. The van der Waals surface area contributed by atoms with E-state index in [1.807, 2.05) is 38.1 Å². The molecule has 3 aromatic rings. The van der Waals surface area contributed by atoms with Crippen molar-refractivity contribution >= 4 is 28.8 Å². The van der Waals surface area contributed by atoms with Gasteiger partial charge in [-0.25, -0.2) is 0 Å². The lowest BCUT2D eigenvalue weighted by Crippen LogP contribution is -2.30. The van der Waals surface area contributed by atoms with Gasteiger partial charge in [0.25, 0.3) is 11.7 Å². The highest BCUT2D eigenvalue weighted by Crippen LogP contribution is 2.45. The number of ether oxygens (including phenoxy) is 2. The summed E-state index contributed by atoms with van der Waals surface area (Å²) in [5.74, 6) is -0.531. The minimum atomic E-state index is -0.844. The first-order valence-corrected chi connectivity index (χ1v) is 13.4. The smallest absolute Gasteiger partial charge is 0.300 e. The molecule has 1 saturated heterocycles. The van der Waals surface area contributed by atoms with Crippen LogP contribution in [0.3, 0.4) is 0 Å². The summed E-state index contributed by atoms with van der Waals surface area (Å²) in [5, 5.41) is 11.5. The van der Waals surface area contributed by atoms with Gasteiger partial charge in [-0.15, -0.1) is 0 Å². The lowest BCUT2D eigenvalue weighted by atomic mass is 9.94. The number of aryl methyl sites for hydroxylation is 1. The molecule has 1 atom stereocenters. The van der Waals surface area contributed by atoms with Gasteiger partial charge in [-0.3, -0.25) is 14.5 Å². The summed E-state index contributed by atoms with van der Waals surface area (Å²) in [7, 11) is 1.52. The molecule has 1 aliphatic rings. The fourth-order valence-electron chi connectivity index (χ4n) is 5.01. The van der Waals surface area contributed by atoms with Crippen molar-refractivity contribution in [2.75, 3.05) is 36.6 Å². The minimum absolute atomic E-state index is 0.0307. The first kappa shape index (κ1) is 27.8. The number of anilines is 2. The summed E-state index contributed by atoms with van der Waals surface area (Å²) in [4.78, 5) is 30.8. The molecule has 0 radical (unpaired) electrons. The van der Waals surface area contributed by atoms with Crippen LogP contribution in [0.25, 0.3) is 5.76 Å². The molecule has 1 fully saturated rings. The Balaban J connectivity index is 1.89. The van der Waals surface area contributed by atoms with Crippen LogP contribution in [0.5, 0.6) is 11.5 Å². The second-order valence-corrected chi connectivity index (χ2v) is 9.43. The molecule has 3 aromatic carbocycles. The van der Waals surface area contributed by atoms with Crippen molar-refractivity contribution in [3.05, 3.63) is 89.0 Å². The molecule has 1 N–H and O–H groups in total. The van der Waals surface area contributed by atoms with Crippen LogP contribution >= 0.6 is 0 Å². The average molecular weight is 529 g/mol. The Hall–Kier alpha value is -4.26. The molecule has 0 aliphatic carbocycles. The van der Waals surface area contributed by atoms with Gasteiger partial charge in [0, 0.05) is 24.3 Å². The van der Waals surface area contributed by atoms with Gasteiger partial charge in [-0.1, -0.05) is 31.2 Å². The number of nitrogens with zero attached hydrogens (tertiary/aromatic N) is 2. The molecule has 7 nitrogen and oxygen atoms in total. The van der Waals surface area contributed by atoms with E-state index in [9.17, 15) is 14.7 Å². The highest BCUT2D eigenvalue weighted by atomic mass is 16.5. The number of rotatable bonds is 10. The van der Waals surface area contributed by atoms with Crippen LogP contribution in [-0.2, 0) is 9.59 Å². The number of benzene rings is 3. The molecule has 1 aliphatic heterocycles. The summed E-state index contributed by atoms with van der Waals surface area (Å²) >= 11 is 0. The third-order valence-electron chi connectivity index (χ3n) is 7.04. The van der Waals surface area contributed by atoms with E-state index in [0.29, 0.717) is 34.9 Å². The van der Waals surface area contributed by atoms with Gasteiger partial charge in [0.05, 0.1) is 31.0 Å². The topological polar surface area (TPSA) is 79.3 Å². The Morgan fingerprint density at radius 1 is 0.949 bits per heavy atom. The standard InChI is InChI=1S/C32H36N2O5/c1-6-19-39-26-18-15-23(20-21(26)4)30(35)28-29(22-13-16-24(17-14-22)33(7-2)8-3)34(32(37)31(28)36)25-11-9-10-12-27(25)38-5/h9-18,20,29,35H,6-8,19H2,1-5H3/b30-28-. The summed E-state index contributed by atoms with van der Waals surface area (Å²) in [6.07, 6.45) is 0.876. The van der Waals surface area contributed by atoms with E-state index in [2.05, 4.69) is 18.7 Å². The van der Waals surface area contributed by atoms with E-state index in [4.69, 9.17) is 9.47 Å². The first-order valence-electron chi connectivity index (χ1n) is 13.4. The van der Waals surface area contributed by atoms with Crippen LogP contribution in [0.2, 0.25) is 0 Å². The molecule has 204 valence electrons. The number of carbonyl (C=O) groups is 2. The number of amides is 1. The van der Waals surface area contributed by atoms with E-state index in [1.165, 1.54) is 12.0 Å². The van der Waals surface area contributed by atoms with E-state index in [0.717, 1.165) is 30.8 Å². The van der Waals surface area contributed by atoms with Crippen molar-refractivity contribution in [2.45, 2.75) is 40.2 Å². The predicted molar refractivity (Wildman–Crippen MR) is 155 cm³/mol. The van der Waals surface area contributed by atoms with Gasteiger partial charge in [-0.05, 0) is 80.8 Å². The zero-order chi connectivity index (χ0) is 28.1. The maximum absolute atomic E-state index is 13.6. The molecule has 1 unspecified atom stereocenters. The van der Waals surface area contributed by atoms with E-state index in [1.54, 1.807) is 42.5 Å². The van der Waals surface area contributed by atoms with Crippen LogP contribution in [0.4, 0.5) is 11.4 Å². The van der Waals surface area contributed by atoms with Crippen LogP contribution in [0, 0.1) is 6.92 Å². The Morgan fingerprint density at radius 3 is 2.26 bits per heavy atom. The average Bonchev–Trinajstić information content (AvgIpc) is 3.22. The second-order valence-electron chi connectivity index (χ2n) is 9.43. The molecular weight excluding hydrogens is 492 g/mol. The maximum atomic E-state index is 13.6. The molecule has 1 amide bonds. The van der Waals surface area contributed by atoms with Crippen LogP contribution in [-0.4, -0.2) is 43.6 Å². The van der Waals surface area contributed by atoms with Crippen molar-refractivity contribution in [1.29, 1.82) is 0 Å². The van der Waals surface area contributed by atoms with Crippen LogP contribution in [0.1, 0.15) is 49.9 Å². The maximum Gasteiger partial charge on any atom is 0.300 e. The van der Waals surface area contributed by atoms with Gasteiger partial charge in [0.2, 0.25) is 0 Å². The Labute approximate surface area is 230 Å². The fraction of sp³-hybridized carbons (Fsp3) is 0.312. The summed E-state index contributed by atoms with van der Waals surface area (Å²) in [6, 6.07) is 19.3. The number of para-hydroxylation sites is 2. The summed E-state index contributed by atoms with van der Waals surface area (Å²) in [6.45, 7) is 10.4. The number of aliphatic hydroxyl groups excluding tert-OH is 1. The van der Waals surface area contributed by atoms with Crippen molar-refractivity contribution in [1.82, 2.24) is 0 Å². The third-order valence-corrected chi connectivity index (χ3v) is 7.04. The highest BCUT2D eigenvalue weighted by molar-refractivity contribution is 6.52. The number of hydrogen-bond donors (Lipinski definition) is 1. The van der Waals surface area contributed by atoms with Crippen LogP contribution in [0.15, 0.2) is 72.3 Å².